The van der Waals surface area contributed by atoms with Crippen LogP contribution in [-0.4, -0.2) is 0 Å². The molecular formula is C12H13BrFN. The molecule has 80 valence electrons. The molecule has 0 fully saturated rings. The number of halogens is 2. The Balaban J connectivity index is 3.00. The van der Waals surface area contributed by atoms with Gasteiger partial charge in [0, 0.05) is 0 Å². The molecule has 0 saturated carbocycles. The van der Waals surface area contributed by atoms with Crippen LogP contribution in [0, 0.1) is 22.6 Å². The van der Waals surface area contributed by atoms with E-state index in [-0.39, 0.29) is 5.82 Å². The standard InChI is InChI=1S/C12H13BrFN/c1-3-12(2,8-15)7-9-5-4-6-10(14)11(9)13/h4-6H,3,7H2,1-2H3. The van der Waals surface area contributed by atoms with E-state index in [1.54, 1.807) is 6.07 Å². The molecule has 0 N–H and O–H groups in total. The minimum Gasteiger partial charge on any atom is -0.206 e. The Bertz CT molecular complexity index is 397. The van der Waals surface area contributed by atoms with Crippen molar-refractivity contribution in [2.24, 2.45) is 5.41 Å². The van der Waals surface area contributed by atoms with Crippen LogP contribution >= 0.6 is 15.9 Å². The highest BCUT2D eigenvalue weighted by atomic mass is 79.9. The quantitative estimate of drug-likeness (QED) is 0.812. The van der Waals surface area contributed by atoms with E-state index >= 15 is 0 Å². The van der Waals surface area contributed by atoms with Gasteiger partial charge in [-0.2, -0.15) is 5.26 Å². The van der Waals surface area contributed by atoms with Crippen molar-refractivity contribution in [3.05, 3.63) is 34.1 Å². The van der Waals surface area contributed by atoms with Crippen molar-refractivity contribution in [1.29, 1.82) is 5.26 Å². The molecule has 0 aliphatic carbocycles. The fraction of sp³-hybridized carbons (Fsp3) is 0.417. The van der Waals surface area contributed by atoms with Crippen molar-refractivity contribution < 1.29 is 4.39 Å². The van der Waals surface area contributed by atoms with E-state index in [9.17, 15) is 4.39 Å². The van der Waals surface area contributed by atoms with Crippen molar-refractivity contribution in [3.8, 4) is 6.07 Å². The van der Waals surface area contributed by atoms with E-state index in [1.165, 1.54) is 6.07 Å². The van der Waals surface area contributed by atoms with Crippen molar-refractivity contribution in [1.82, 2.24) is 0 Å². The molecule has 3 heteroatoms. The van der Waals surface area contributed by atoms with Crippen LogP contribution in [0.2, 0.25) is 0 Å². The normalized spacial score (nSPS) is 14.3. The summed E-state index contributed by atoms with van der Waals surface area (Å²) in [6.45, 7) is 3.86. The molecule has 0 aliphatic rings. The third kappa shape index (κ3) is 2.79. The zero-order chi connectivity index (χ0) is 11.5. The predicted molar refractivity (Wildman–Crippen MR) is 61.8 cm³/mol. The molecule has 1 atom stereocenters. The number of benzene rings is 1. The van der Waals surface area contributed by atoms with E-state index in [2.05, 4.69) is 22.0 Å². The maximum absolute atomic E-state index is 13.2. The van der Waals surface area contributed by atoms with Gasteiger partial charge in [-0.25, -0.2) is 4.39 Å². The second-order valence-electron chi connectivity index (χ2n) is 3.92. The Labute approximate surface area is 98.0 Å². The Hall–Kier alpha value is -0.880. The van der Waals surface area contributed by atoms with Gasteiger partial charge in [0.15, 0.2) is 0 Å². The Morgan fingerprint density at radius 3 is 2.73 bits per heavy atom. The summed E-state index contributed by atoms with van der Waals surface area (Å²) < 4.78 is 13.7. The monoisotopic (exact) mass is 269 g/mol. The SMILES string of the molecule is CCC(C)(C#N)Cc1cccc(F)c1Br. The topological polar surface area (TPSA) is 23.8 Å². The summed E-state index contributed by atoms with van der Waals surface area (Å²) in [4.78, 5) is 0. The first-order valence-electron chi connectivity index (χ1n) is 4.86. The second-order valence-corrected chi connectivity index (χ2v) is 4.71. The lowest BCUT2D eigenvalue weighted by Crippen LogP contribution is -2.16. The smallest absolute Gasteiger partial charge is 0.137 e. The van der Waals surface area contributed by atoms with Gasteiger partial charge in [0.25, 0.3) is 0 Å². The highest BCUT2D eigenvalue weighted by Crippen LogP contribution is 2.30. The van der Waals surface area contributed by atoms with Crippen LogP contribution in [0.5, 0.6) is 0 Å². The summed E-state index contributed by atoms with van der Waals surface area (Å²) in [7, 11) is 0. The number of nitrogens with zero attached hydrogens (tertiary/aromatic N) is 1. The fourth-order valence-electron chi connectivity index (χ4n) is 1.35. The highest BCUT2D eigenvalue weighted by molar-refractivity contribution is 9.10. The van der Waals surface area contributed by atoms with Gasteiger partial charge in [-0.1, -0.05) is 19.1 Å². The van der Waals surface area contributed by atoms with Crippen LogP contribution in [0.3, 0.4) is 0 Å². The highest BCUT2D eigenvalue weighted by Gasteiger charge is 2.23. The van der Waals surface area contributed by atoms with Gasteiger partial charge in [0.2, 0.25) is 0 Å². The first kappa shape index (κ1) is 12.2. The number of hydrogen-bond acceptors (Lipinski definition) is 1. The van der Waals surface area contributed by atoms with E-state index in [0.717, 1.165) is 12.0 Å². The second kappa shape index (κ2) is 4.76. The van der Waals surface area contributed by atoms with Crippen LogP contribution in [0.15, 0.2) is 22.7 Å². The zero-order valence-corrected chi connectivity index (χ0v) is 10.4. The Morgan fingerprint density at radius 2 is 2.20 bits per heavy atom. The van der Waals surface area contributed by atoms with E-state index in [4.69, 9.17) is 5.26 Å². The van der Waals surface area contributed by atoms with Crippen LogP contribution in [0.4, 0.5) is 4.39 Å². The summed E-state index contributed by atoms with van der Waals surface area (Å²) in [6.07, 6.45) is 1.32. The lowest BCUT2D eigenvalue weighted by molar-refractivity contribution is 0.421. The fourth-order valence-corrected chi connectivity index (χ4v) is 1.75. The van der Waals surface area contributed by atoms with E-state index in [1.807, 2.05) is 19.9 Å². The van der Waals surface area contributed by atoms with E-state index < -0.39 is 5.41 Å². The average Bonchev–Trinajstić information content (AvgIpc) is 2.25. The third-order valence-corrected chi connectivity index (χ3v) is 3.55. The van der Waals surface area contributed by atoms with Crippen LogP contribution in [0.25, 0.3) is 0 Å². The number of hydrogen-bond donors (Lipinski definition) is 0. The van der Waals surface area contributed by atoms with Gasteiger partial charge in [-0.3, -0.25) is 0 Å². The Morgan fingerprint density at radius 1 is 1.53 bits per heavy atom. The van der Waals surface area contributed by atoms with Crippen molar-refractivity contribution >= 4 is 15.9 Å². The van der Waals surface area contributed by atoms with Crippen molar-refractivity contribution in [2.75, 3.05) is 0 Å². The molecule has 0 radical (unpaired) electrons. The van der Waals surface area contributed by atoms with Crippen LogP contribution < -0.4 is 0 Å². The molecule has 0 spiro atoms. The van der Waals surface area contributed by atoms with Crippen molar-refractivity contribution in [3.63, 3.8) is 0 Å². The maximum Gasteiger partial charge on any atom is 0.137 e. The van der Waals surface area contributed by atoms with Crippen LogP contribution in [-0.2, 0) is 6.42 Å². The largest absolute Gasteiger partial charge is 0.206 e. The van der Waals surface area contributed by atoms with Gasteiger partial charge in [0.1, 0.15) is 5.82 Å². The predicted octanol–water partition coefficient (Wildman–Crippen LogP) is 4.07. The van der Waals surface area contributed by atoms with Gasteiger partial charge in [-0.05, 0) is 47.3 Å². The Kier molecular flexibility index (Phi) is 3.87. The molecule has 0 heterocycles. The number of nitriles is 1. The number of rotatable bonds is 3. The molecule has 1 aromatic rings. The summed E-state index contributed by atoms with van der Waals surface area (Å²) in [5.74, 6) is -0.274. The average molecular weight is 270 g/mol. The zero-order valence-electron chi connectivity index (χ0n) is 8.85. The third-order valence-electron chi connectivity index (χ3n) is 2.66. The first-order valence-corrected chi connectivity index (χ1v) is 5.66. The molecular weight excluding hydrogens is 257 g/mol. The molecule has 15 heavy (non-hydrogen) atoms. The molecule has 0 bridgehead atoms. The van der Waals surface area contributed by atoms with Gasteiger partial charge < -0.3 is 0 Å². The lowest BCUT2D eigenvalue weighted by atomic mass is 9.83. The van der Waals surface area contributed by atoms with Gasteiger partial charge >= 0.3 is 0 Å². The van der Waals surface area contributed by atoms with Crippen LogP contribution in [0.1, 0.15) is 25.8 Å². The molecule has 0 amide bonds. The summed E-state index contributed by atoms with van der Waals surface area (Å²) in [5.41, 5.74) is 0.428. The minimum absolute atomic E-state index is 0.274. The molecule has 1 rings (SSSR count). The molecule has 1 nitrogen and oxygen atoms in total. The van der Waals surface area contributed by atoms with Gasteiger partial charge in [-0.15, -0.1) is 0 Å². The molecule has 0 saturated heterocycles. The lowest BCUT2D eigenvalue weighted by Gasteiger charge is -2.20. The summed E-state index contributed by atoms with van der Waals surface area (Å²) in [6, 6.07) is 7.20. The summed E-state index contributed by atoms with van der Waals surface area (Å²) in [5, 5.41) is 9.05. The molecule has 1 aromatic carbocycles. The molecule has 0 aromatic heterocycles. The van der Waals surface area contributed by atoms with Crippen molar-refractivity contribution in [2.45, 2.75) is 26.7 Å². The maximum atomic E-state index is 13.2. The van der Waals surface area contributed by atoms with Gasteiger partial charge in [0.05, 0.1) is 16.0 Å². The minimum atomic E-state index is -0.420. The summed E-state index contributed by atoms with van der Waals surface area (Å²) >= 11 is 3.21. The molecule has 0 aliphatic heterocycles. The van der Waals surface area contributed by atoms with E-state index in [0.29, 0.717) is 10.9 Å². The first-order chi connectivity index (χ1) is 7.02. The molecule has 1 unspecified atom stereocenters.